The Balaban J connectivity index is 2.89. The Labute approximate surface area is 73.0 Å². The first kappa shape index (κ1) is 7.91. The summed E-state index contributed by atoms with van der Waals surface area (Å²) in [4.78, 5) is 3.77. The fourth-order valence-electron chi connectivity index (χ4n) is 1.19. The summed E-state index contributed by atoms with van der Waals surface area (Å²) in [7, 11) is 0. The van der Waals surface area contributed by atoms with Crippen molar-refractivity contribution >= 4 is 16.5 Å². The van der Waals surface area contributed by atoms with Gasteiger partial charge in [0, 0.05) is 17.0 Å². The van der Waals surface area contributed by atoms with E-state index in [0.29, 0.717) is 16.5 Å². The molecule has 0 spiro atoms. The van der Waals surface area contributed by atoms with Crippen molar-refractivity contribution in [3.63, 3.8) is 0 Å². The number of halogens is 2. The largest absolute Gasteiger partial charge is 0.397 e. The fraction of sp³-hybridized carbons (Fsp3) is 0. The smallest absolute Gasteiger partial charge is 0.159 e. The molecule has 2 aromatic rings. The number of nitrogens with zero attached hydrogens (tertiary/aromatic N) is 1. The van der Waals surface area contributed by atoms with Crippen LogP contribution in [0.1, 0.15) is 0 Å². The molecule has 0 saturated heterocycles. The SMILES string of the molecule is Nc1cncc2cc(F)c(F)cc12. The topological polar surface area (TPSA) is 38.9 Å². The van der Waals surface area contributed by atoms with Gasteiger partial charge in [0.25, 0.3) is 0 Å². The molecule has 0 bridgehead atoms. The molecule has 2 nitrogen and oxygen atoms in total. The van der Waals surface area contributed by atoms with Crippen LogP contribution in [0.2, 0.25) is 0 Å². The summed E-state index contributed by atoms with van der Waals surface area (Å²) in [6.45, 7) is 0. The summed E-state index contributed by atoms with van der Waals surface area (Å²) in [5.74, 6) is -1.79. The minimum absolute atomic E-state index is 0.344. The van der Waals surface area contributed by atoms with Gasteiger partial charge in [-0.25, -0.2) is 8.78 Å². The number of aromatic nitrogens is 1. The lowest BCUT2D eigenvalue weighted by atomic mass is 10.1. The van der Waals surface area contributed by atoms with Gasteiger partial charge in [-0.3, -0.25) is 4.98 Å². The van der Waals surface area contributed by atoms with Crippen molar-refractivity contribution in [3.8, 4) is 0 Å². The lowest BCUT2D eigenvalue weighted by Crippen LogP contribution is -1.91. The van der Waals surface area contributed by atoms with E-state index in [1.54, 1.807) is 0 Å². The predicted molar refractivity (Wildman–Crippen MR) is 46.1 cm³/mol. The predicted octanol–water partition coefficient (Wildman–Crippen LogP) is 2.10. The molecule has 0 fully saturated rings. The number of benzene rings is 1. The highest BCUT2D eigenvalue weighted by atomic mass is 19.2. The van der Waals surface area contributed by atoms with Crippen LogP contribution in [0.5, 0.6) is 0 Å². The highest BCUT2D eigenvalue weighted by Gasteiger charge is 2.05. The normalized spacial score (nSPS) is 10.6. The molecule has 2 N–H and O–H groups in total. The Morgan fingerprint density at radius 2 is 1.77 bits per heavy atom. The van der Waals surface area contributed by atoms with Crippen molar-refractivity contribution in [2.45, 2.75) is 0 Å². The maximum atomic E-state index is 12.8. The molecule has 0 unspecified atom stereocenters. The van der Waals surface area contributed by atoms with Crippen molar-refractivity contribution in [1.29, 1.82) is 0 Å². The maximum absolute atomic E-state index is 12.8. The van der Waals surface area contributed by atoms with Crippen LogP contribution in [0.4, 0.5) is 14.5 Å². The molecular weight excluding hydrogens is 174 g/mol. The zero-order valence-corrected chi connectivity index (χ0v) is 6.59. The van der Waals surface area contributed by atoms with Gasteiger partial charge in [-0.2, -0.15) is 0 Å². The van der Waals surface area contributed by atoms with Crippen LogP contribution in [-0.2, 0) is 0 Å². The standard InChI is InChI=1S/C9H6F2N2/c10-7-1-5-3-13-4-9(12)6(5)2-8(7)11/h1-4H,12H2. The summed E-state index contributed by atoms with van der Waals surface area (Å²) in [6.07, 6.45) is 2.84. The van der Waals surface area contributed by atoms with Gasteiger partial charge in [0.2, 0.25) is 0 Å². The molecule has 4 heteroatoms. The Kier molecular flexibility index (Phi) is 1.62. The van der Waals surface area contributed by atoms with Gasteiger partial charge in [-0.05, 0) is 12.1 Å². The highest BCUT2D eigenvalue weighted by Crippen LogP contribution is 2.21. The van der Waals surface area contributed by atoms with Crippen molar-refractivity contribution in [3.05, 3.63) is 36.2 Å². The summed E-state index contributed by atoms with van der Waals surface area (Å²) >= 11 is 0. The van der Waals surface area contributed by atoms with Crippen LogP contribution in [-0.4, -0.2) is 4.98 Å². The van der Waals surface area contributed by atoms with Crippen LogP contribution in [0.25, 0.3) is 10.8 Å². The van der Waals surface area contributed by atoms with Gasteiger partial charge in [0.15, 0.2) is 11.6 Å². The van der Waals surface area contributed by atoms with Crippen molar-refractivity contribution in [1.82, 2.24) is 4.98 Å². The van der Waals surface area contributed by atoms with Gasteiger partial charge in [-0.15, -0.1) is 0 Å². The fourth-order valence-corrected chi connectivity index (χ4v) is 1.19. The van der Waals surface area contributed by atoms with Crippen LogP contribution in [0.3, 0.4) is 0 Å². The second-order valence-corrected chi connectivity index (χ2v) is 2.72. The van der Waals surface area contributed by atoms with Crippen molar-refractivity contribution < 1.29 is 8.78 Å². The van der Waals surface area contributed by atoms with Gasteiger partial charge >= 0.3 is 0 Å². The summed E-state index contributed by atoms with van der Waals surface area (Å²) in [6, 6.07) is 2.15. The second kappa shape index (κ2) is 2.65. The number of fused-ring (bicyclic) bond motifs is 1. The Bertz CT molecular complexity index is 468. The Morgan fingerprint density at radius 1 is 1.08 bits per heavy atom. The van der Waals surface area contributed by atoms with Crippen LogP contribution in [0, 0.1) is 11.6 Å². The number of rotatable bonds is 0. The monoisotopic (exact) mass is 180 g/mol. The maximum Gasteiger partial charge on any atom is 0.159 e. The Hall–Kier alpha value is -1.71. The van der Waals surface area contributed by atoms with Gasteiger partial charge in [-0.1, -0.05) is 0 Å². The molecule has 13 heavy (non-hydrogen) atoms. The quantitative estimate of drug-likeness (QED) is 0.674. The molecule has 0 radical (unpaired) electrons. The molecule has 1 aromatic carbocycles. The van der Waals surface area contributed by atoms with Gasteiger partial charge < -0.3 is 5.73 Å². The molecule has 1 heterocycles. The number of hydrogen-bond acceptors (Lipinski definition) is 2. The van der Waals surface area contributed by atoms with Crippen molar-refractivity contribution in [2.75, 3.05) is 5.73 Å². The third kappa shape index (κ3) is 1.20. The highest BCUT2D eigenvalue weighted by molar-refractivity contribution is 5.91. The molecule has 0 amide bonds. The molecular formula is C9H6F2N2. The molecule has 0 aliphatic heterocycles. The number of pyridine rings is 1. The van der Waals surface area contributed by atoms with E-state index in [4.69, 9.17) is 5.73 Å². The number of anilines is 1. The average Bonchev–Trinajstić information content (AvgIpc) is 2.09. The lowest BCUT2D eigenvalue weighted by molar-refractivity contribution is 0.511. The van der Waals surface area contributed by atoms with Crippen LogP contribution in [0.15, 0.2) is 24.5 Å². The first-order valence-corrected chi connectivity index (χ1v) is 3.67. The second-order valence-electron chi connectivity index (χ2n) is 2.72. The molecule has 1 aromatic heterocycles. The third-order valence-electron chi connectivity index (χ3n) is 1.83. The van der Waals surface area contributed by atoms with E-state index >= 15 is 0 Å². The summed E-state index contributed by atoms with van der Waals surface area (Å²) < 4.78 is 25.5. The summed E-state index contributed by atoms with van der Waals surface area (Å²) in [5, 5.41) is 0.979. The first-order valence-electron chi connectivity index (χ1n) is 3.67. The number of nitrogens with two attached hydrogens (primary N) is 1. The van der Waals surface area contributed by atoms with E-state index in [9.17, 15) is 8.78 Å². The van der Waals surface area contributed by atoms with E-state index in [0.717, 1.165) is 12.1 Å². The molecule has 0 aliphatic carbocycles. The molecule has 0 atom stereocenters. The minimum Gasteiger partial charge on any atom is -0.397 e. The summed E-state index contributed by atoms with van der Waals surface area (Å²) in [5.41, 5.74) is 5.87. The average molecular weight is 180 g/mol. The van der Waals surface area contributed by atoms with E-state index in [1.807, 2.05) is 0 Å². The van der Waals surface area contributed by atoms with Crippen LogP contribution >= 0.6 is 0 Å². The van der Waals surface area contributed by atoms with E-state index in [-0.39, 0.29) is 0 Å². The molecule has 2 rings (SSSR count). The lowest BCUT2D eigenvalue weighted by Gasteiger charge is -2.01. The number of nitrogen functional groups attached to an aromatic ring is 1. The minimum atomic E-state index is -0.898. The van der Waals surface area contributed by atoms with E-state index in [1.165, 1.54) is 12.4 Å². The first-order chi connectivity index (χ1) is 6.18. The molecule has 0 saturated carbocycles. The van der Waals surface area contributed by atoms with Gasteiger partial charge in [0.1, 0.15) is 0 Å². The van der Waals surface area contributed by atoms with Crippen LogP contribution < -0.4 is 5.73 Å². The Morgan fingerprint density at radius 3 is 2.54 bits per heavy atom. The van der Waals surface area contributed by atoms with E-state index < -0.39 is 11.6 Å². The van der Waals surface area contributed by atoms with E-state index in [2.05, 4.69) is 4.98 Å². The van der Waals surface area contributed by atoms with Gasteiger partial charge in [0.05, 0.1) is 11.9 Å². The zero-order valence-electron chi connectivity index (χ0n) is 6.59. The molecule has 0 aliphatic rings. The zero-order chi connectivity index (χ0) is 9.42. The number of hydrogen-bond donors (Lipinski definition) is 1. The third-order valence-corrected chi connectivity index (χ3v) is 1.83. The molecule has 66 valence electrons. The van der Waals surface area contributed by atoms with Crippen molar-refractivity contribution in [2.24, 2.45) is 0 Å².